The summed E-state index contributed by atoms with van der Waals surface area (Å²) in [4.78, 5) is 25.4. The molecule has 0 radical (unpaired) electrons. The topological polar surface area (TPSA) is 111 Å². The zero-order chi connectivity index (χ0) is 23.5. The molecule has 0 saturated heterocycles. The van der Waals surface area contributed by atoms with Crippen LogP contribution in [0.25, 0.3) is 0 Å². The van der Waals surface area contributed by atoms with Gasteiger partial charge in [-0.15, -0.1) is 11.8 Å². The van der Waals surface area contributed by atoms with Gasteiger partial charge < -0.3 is 20.1 Å². The Kier molecular flexibility index (Phi) is 7.35. The minimum atomic E-state index is -3.74. The number of benzene rings is 2. The summed E-state index contributed by atoms with van der Waals surface area (Å²) < 4.78 is 36.3. The Morgan fingerprint density at radius 3 is 2.62 bits per heavy atom. The molecule has 0 unspecified atom stereocenters. The van der Waals surface area contributed by atoms with Crippen molar-refractivity contribution in [3.63, 3.8) is 0 Å². The Labute approximate surface area is 192 Å². The molecule has 10 heteroatoms. The zero-order valence-corrected chi connectivity index (χ0v) is 19.9. The van der Waals surface area contributed by atoms with E-state index in [1.54, 1.807) is 45.2 Å². The summed E-state index contributed by atoms with van der Waals surface area (Å²) >= 11 is 1.38. The molecule has 2 aromatic rings. The van der Waals surface area contributed by atoms with Crippen LogP contribution >= 0.6 is 11.8 Å². The highest BCUT2D eigenvalue weighted by Gasteiger charge is 2.27. The first kappa shape index (κ1) is 23.9. The van der Waals surface area contributed by atoms with E-state index in [2.05, 4.69) is 10.6 Å². The number of carbonyl (C=O) groups excluding carboxylic acids is 2. The highest BCUT2D eigenvalue weighted by Crippen LogP contribution is 2.37. The van der Waals surface area contributed by atoms with Gasteiger partial charge in [0.05, 0.1) is 35.8 Å². The second kappa shape index (κ2) is 9.83. The van der Waals surface area contributed by atoms with Gasteiger partial charge >= 0.3 is 0 Å². The van der Waals surface area contributed by atoms with Crippen LogP contribution in [0.15, 0.2) is 46.2 Å². The Balaban J connectivity index is 1.67. The fraction of sp³-hybridized carbons (Fsp3) is 0.364. The van der Waals surface area contributed by atoms with Crippen LogP contribution in [-0.4, -0.2) is 45.5 Å². The van der Waals surface area contributed by atoms with Crippen LogP contribution in [0.4, 0.5) is 5.69 Å². The maximum absolute atomic E-state index is 12.9. The van der Waals surface area contributed by atoms with Crippen LogP contribution in [0.1, 0.15) is 19.4 Å². The highest BCUT2D eigenvalue weighted by atomic mass is 32.2. The van der Waals surface area contributed by atoms with Crippen molar-refractivity contribution in [2.24, 2.45) is 5.92 Å². The second-order valence-electron chi connectivity index (χ2n) is 7.49. The van der Waals surface area contributed by atoms with Crippen molar-refractivity contribution in [3.8, 4) is 11.5 Å². The van der Waals surface area contributed by atoms with E-state index in [4.69, 9.17) is 9.47 Å². The lowest BCUT2D eigenvalue weighted by Crippen LogP contribution is -2.33. The third-order valence-electron chi connectivity index (χ3n) is 5.10. The van der Waals surface area contributed by atoms with Crippen LogP contribution < -0.4 is 20.1 Å². The third kappa shape index (κ3) is 5.36. The van der Waals surface area contributed by atoms with Crippen LogP contribution in [0.3, 0.4) is 0 Å². The lowest BCUT2D eigenvalue weighted by atomic mass is 10.1. The second-order valence-corrected chi connectivity index (χ2v) is 10.9. The standard InChI is InChI=1S/C22H26N2O6S2/c1-13(21(25)23-11-15-9-16(29-3)5-7-19(15)30-4)12-32(27,28)17-6-8-20-18(10-17)24-22(26)14(2)31-20/h5-10,13-14H,11-12H2,1-4H3,(H,23,25)(H,24,26)/t13-,14+/m1/s1. The SMILES string of the molecule is COc1ccc(OC)c(CNC(=O)[C@H](C)CS(=O)(=O)c2ccc3c(c2)NC(=O)[C@H](C)S3)c1. The Hall–Kier alpha value is -2.72. The first-order valence-electron chi connectivity index (χ1n) is 9.97. The maximum Gasteiger partial charge on any atom is 0.237 e. The molecule has 2 aromatic carbocycles. The highest BCUT2D eigenvalue weighted by molar-refractivity contribution is 8.01. The molecule has 2 atom stereocenters. The van der Waals surface area contributed by atoms with Crippen LogP contribution in [0.5, 0.6) is 11.5 Å². The van der Waals surface area contributed by atoms with Gasteiger partial charge in [0.2, 0.25) is 11.8 Å². The minimum absolute atomic E-state index is 0.0702. The largest absolute Gasteiger partial charge is 0.497 e. The van der Waals surface area contributed by atoms with Crippen LogP contribution in [0, 0.1) is 5.92 Å². The number of ether oxygens (including phenoxy) is 2. The molecule has 0 saturated carbocycles. The summed E-state index contributed by atoms with van der Waals surface area (Å²) in [7, 11) is -0.667. The molecule has 0 aromatic heterocycles. The van der Waals surface area contributed by atoms with Crippen molar-refractivity contribution in [2.75, 3.05) is 25.3 Å². The summed E-state index contributed by atoms with van der Waals surface area (Å²) in [5.41, 5.74) is 1.19. The summed E-state index contributed by atoms with van der Waals surface area (Å²) in [5, 5.41) is 5.25. The van der Waals surface area contributed by atoms with Crippen molar-refractivity contribution in [1.82, 2.24) is 5.32 Å². The van der Waals surface area contributed by atoms with Crippen LogP contribution in [0.2, 0.25) is 0 Å². The van der Waals surface area contributed by atoms with Gasteiger partial charge in [-0.1, -0.05) is 6.92 Å². The van der Waals surface area contributed by atoms with E-state index in [1.165, 1.54) is 31.0 Å². The number of sulfone groups is 1. The summed E-state index contributed by atoms with van der Waals surface area (Å²) in [6, 6.07) is 9.88. The number of fused-ring (bicyclic) bond motifs is 1. The Bertz CT molecular complexity index is 1130. The molecular formula is C22H26N2O6S2. The van der Waals surface area contributed by atoms with E-state index in [0.29, 0.717) is 22.7 Å². The van der Waals surface area contributed by atoms with E-state index in [0.717, 1.165) is 4.90 Å². The molecule has 8 nitrogen and oxygen atoms in total. The number of amides is 2. The van der Waals surface area contributed by atoms with Gasteiger partial charge in [0.1, 0.15) is 11.5 Å². The number of thioether (sulfide) groups is 1. The van der Waals surface area contributed by atoms with Crippen LogP contribution in [-0.2, 0) is 26.0 Å². The van der Waals surface area contributed by atoms with Crippen molar-refractivity contribution in [1.29, 1.82) is 0 Å². The predicted molar refractivity (Wildman–Crippen MR) is 123 cm³/mol. The van der Waals surface area contributed by atoms with Crippen molar-refractivity contribution < 1.29 is 27.5 Å². The molecular weight excluding hydrogens is 452 g/mol. The monoisotopic (exact) mass is 478 g/mol. The molecule has 1 aliphatic rings. The average Bonchev–Trinajstić information content (AvgIpc) is 2.77. The number of hydrogen-bond donors (Lipinski definition) is 2. The quantitative estimate of drug-likeness (QED) is 0.600. The molecule has 2 amide bonds. The van der Waals surface area contributed by atoms with Crippen molar-refractivity contribution in [3.05, 3.63) is 42.0 Å². The fourth-order valence-electron chi connectivity index (χ4n) is 3.26. The normalized spacial score (nSPS) is 16.5. The molecule has 1 heterocycles. The van der Waals surface area contributed by atoms with E-state index >= 15 is 0 Å². The molecule has 172 valence electrons. The molecule has 32 heavy (non-hydrogen) atoms. The molecule has 3 rings (SSSR count). The number of rotatable bonds is 8. The first-order chi connectivity index (χ1) is 15.1. The number of anilines is 1. The summed E-state index contributed by atoms with van der Waals surface area (Å²) in [6.07, 6.45) is 0. The fourth-order valence-corrected chi connectivity index (χ4v) is 5.76. The van der Waals surface area contributed by atoms with Gasteiger partial charge in [-0.05, 0) is 43.3 Å². The molecule has 0 bridgehead atoms. The van der Waals surface area contributed by atoms with E-state index in [-0.39, 0.29) is 28.4 Å². The van der Waals surface area contributed by atoms with E-state index in [1.807, 2.05) is 0 Å². The first-order valence-corrected chi connectivity index (χ1v) is 12.5. The smallest absolute Gasteiger partial charge is 0.237 e. The van der Waals surface area contributed by atoms with Gasteiger partial charge in [-0.3, -0.25) is 9.59 Å². The zero-order valence-electron chi connectivity index (χ0n) is 18.3. The van der Waals surface area contributed by atoms with E-state index in [9.17, 15) is 18.0 Å². The van der Waals surface area contributed by atoms with Gasteiger partial charge in [0.15, 0.2) is 9.84 Å². The molecule has 0 fully saturated rings. The number of hydrogen-bond acceptors (Lipinski definition) is 7. The van der Waals surface area contributed by atoms with Gasteiger partial charge in [-0.2, -0.15) is 0 Å². The number of carbonyl (C=O) groups is 2. The molecule has 0 spiro atoms. The lowest BCUT2D eigenvalue weighted by molar-refractivity contribution is -0.124. The molecule has 2 N–H and O–H groups in total. The summed E-state index contributed by atoms with van der Waals surface area (Å²) in [5.74, 6) is -0.486. The maximum atomic E-state index is 12.9. The predicted octanol–water partition coefficient (Wildman–Crippen LogP) is 2.86. The van der Waals surface area contributed by atoms with Gasteiger partial charge in [-0.25, -0.2) is 8.42 Å². The van der Waals surface area contributed by atoms with E-state index < -0.39 is 21.7 Å². The number of nitrogens with one attached hydrogen (secondary N) is 2. The van der Waals surface area contributed by atoms with Crippen molar-refractivity contribution >= 4 is 39.1 Å². The average molecular weight is 479 g/mol. The van der Waals surface area contributed by atoms with Gasteiger partial charge in [0.25, 0.3) is 0 Å². The third-order valence-corrected chi connectivity index (χ3v) is 8.19. The van der Waals surface area contributed by atoms with Crippen molar-refractivity contribution in [2.45, 2.75) is 35.4 Å². The Morgan fingerprint density at radius 2 is 1.94 bits per heavy atom. The number of methoxy groups -OCH3 is 2. The molecule has 0 aliphatic carbocycles. The lowest BCUT2D eigenvalue weighted by Gasteiger charge is -2.22. The van der Waals surface area contributed by atoms with Gasteiger partial charge in [0, 0.05) is 22.9 Å². The summed E-state index contributed by atoms with van der Waals surface area (Å²) in [6.45, 7) is 3.52. The molecule has 1 aliphatic heterocycles. The Morgan fingerprint density at radius 1 is 1.19 bits per heavy atom. The minimum Gasteiger partial charge on any atom is -0.497 e.